The highest BCUT2D eigenvalue weighted by Crippen LogP contribution is 2.44. The fraction of sp³-hybridized carbons (Fsp3) is 0.769. The Kier molecular flexibility index (Phi) is 8.41. The summed E-state index contributed by atoms with van der Waals surface area (Å²) in [4.78, 5) is 0. The molecule has 3 fully saturated rings. The van der Waals surface area contributed by atoms with E-state index in [1.54, 1.807) is 0 Å². The van der Waals surface area contributed by atoms with Crippen LogP contribution in [0.5, 0.6) is 0 Å². The SMILES string of the molecule is CC.CC1CCC(C2CCC(c3ccc(C4OCC(C)CO4)cc3)CC2)CC1. The van der Waals surface area contributed by atoms with Crippen LogP contribution in [0.1, 0.15) is 102 Å². The molecule has 0 radical (unpaired) electrons. The van der Waals surface area contributed by atoms with Gasteiger partial charge in [-0.1, -0.05) is 64.8 Å². The summed E-state index contributed by atoms with van der Waals surface area (Å²) >= 11 is 0. The molecule has 0 spiro atoms. The smallest absolute Gasteiger partial charge is 0.183 e. The molecule has 2 saturated carbocycles. The summed E-state index contributed by atoms with van der Waals surface area (Å²) in [6.45, 7) is 10.2. The first kappa shape index (κ1) is 21.8. The van der Waals surface area contributed by atoms with E-state index in [0.717, 1.165) is 36.9 Å². The third-order valence-electron chi connectivity index (χ3n) is 7.24. The third kappa shape index (κ3) is 5.60. The molecular formula is C26H42O2. The van der Waals surface area contributed by atoms with Gasteiger partial charge in [-0.2, -0.15) is 0 Å². The molecule has 0 aromatic heterocycles. The van der Waals surface area contributed by atoms with Crippen molar-refractivity contribution in [2.24, 2.45) is 23.7 Å². The summed E-state index contributed by atoms with van der Waals surface area (Å²) in [5.74, 6) is 4.27. The van der Waals surface area contributed by atoms with E-state index in [9.17, 15) is 0 Å². The first-order valence-electron chi connectivity index (χ1n) is 12.0. The van der Waals surface area contributed by atoms with Gasteiger partial charge in [0.15, 0.2) is 6.29 Å². The van der Waals surface area contributed by atoms with Crippen molar-refractivity contribution in [2.75, 3.05) is 13.2 Å². The van der Waals surface area contributed by atoms with Gasteiger partial charge in [0.1, 0.15) is 0 Å². The van der Waals surface area contributed by atoms with Gasteiger partial charge in [0.05, 0.1) is 13.2 Å². The largest absolute Gasteiger partial charge is 0.348 e. The lowest BCUT2D eigenvalue weighted by Crippen LogP contribution is -2.25. The van der Waals surface area contributed by atoms with E-state index in [-0.39, 0.29) is 6.29 Å². The molecule has 3 aliphatic rings. The van der Waals surface area contributed by atoms with E-state index < -0.39 is 0 Å². The minimum Gasteiger partial charge on any atom is -0.348 e. The number of ether oxygens (including phenoxy) is 2. The van der Waals surface area contributed by atoms with Crippen LogP contribution in [0.25, 0.3) is 0 Å². The zero-order valence-electron chi connectivity index (χ0n) is 18.7. The van der Waals surface area contributed by atoms with Crippen LogP contribution in [-0.4, -0.2) is 13.2 Å². The Morgan fingerprint density at radius 1 is 0.607 bits per heavy atom. The van der Waals surface area contributed by atoms with Crippen LogP contribution in [0.2, 0.25) is 0 Å². The fourth-order valence-corrected chi connectivity index (χ4v) is 5.40. The van der Waals surface area contributed by atoms with Gasteiger partial charge in [-0.15, -0.1) is 0 Å². The second kappa shape index (κ2) is 10.8. The molecule has 2 aliphatic carbocycles. The molecule has 0 amide bonds. The molecular weight excluding hydrogens is 344 g/mol. The van der Waals surface area contributed by atoms with Crippen molar-refractivity contribution in [3.8, 4) is 0 Å². The van der Waals surface area contributed by atoms with Crippen LogP contribution in [-0.2, 0) is 9.47 Å². The van der Waals surface area contributed by atoms with Gasteiger partial charge in [-0.3, -0.25) is 0 Å². The number of benzene rings is 1. The molecule has 1 aliphatic heterocycles. The summed E-state index contributed by atoms with van der Waals surface area (Å²) in [5.41, 5.74) is 2.69. The second-order valence-corrected chi connectivity index (χ2v) is 9.40. The highest BCUT2D eigenvalue weighted by molar-refractivity contribution is 5.26. The minimum atomic E-state index is -0.162. The lowest BCUT2D eigenvalue weighted by Gasteiger charge is -2.37. The van der Waals surface area contributed by atoms with Crippen LogP contribution < -0.4 is 0 Å². The van der Waals surface area contributed by atoms with Gasteiger partial charge in [-0.05, 0) is 67.8 Å². The Morgan fingerprint density at radius 2 is 1.07 bits per heavy atom. The second-order valence-electron chi connectivity index (χ2n) is 9.40. The van der Waals surface area contributed by atoms with E-state index in [1.807, 2.05) is 13.8 Å². The van der Waals surface area contributed by atoms with Gasteiger partial charge in [-0.25, -0.2) is 0 Å². The molecule has 4 rings (SSSR count). The van der Waals surface area contributed by atoms with E-state index in [0.29, 0.717) is 5.92 Å². The van der Waals surface area contributed by atoms with E-state index in [2.05, 4.69) is 38.1 Å². The van der Waals surface area contributed by atoms with Gasteiger partial charge < -0.3 is 9.47 Å². The summed E-state index contributed by atoms with van der Waals surface area (Å²) in [7, 11) is 0. The Balaban J connectivity index is 0.00000109. The van der Waals surface area contributed by atoms with Gasteiger partial charge in [0, 0.05) is 11.5 Å². The number of rotatable bonds is 3. The number of hydrogen-bond acceptors (Lipinski definition) is 2. The molecule has 0 unspecified atom stereocenters. The minimum absolute atomic E-state index is 0.162. The van der Waals surface area contributed by atoms with E-state index >= 15 is 0 Å². The monoisotopic (exact) mass is 386 g/mol. The summed E-state index contributed by atoms with van der Waals surface area (Å²) in [6.07, 6.45) is 11.4. The molecule has 158 valence electrons. The topological polar surface area (TPSA) is 18.5 Å². The summed E-state index contributed by atoms with van der Waals surface area (Å²) < 4.78 is 11.7. The average molecular weight is 387 g/mol. The molecule has 0 atom stereocenters. The predicted molar refractivity (Wildman–Crippen MR) is 117 cm³/mol. The molecule has 1 heterocycles. The summed E-state index contributed by atoms with van der Waals surface area (Å²) in [5, 5.41) is 0. The maximum Gasteiger partial charge on any atom is 0.183 e. The van der Waals surface area contributed by atoms with Crippen LogP contribution >= 0.6 is 0 Å². The maximum atomic E-state index is 5.83. The highest BCUT2D eigenvalue weighted by Gasteiger charge is 2.30. The number of hydrogen-bond donors (Lipinski definition) is 0. The third-order valence-corrected chi connectivity index (χ3v) is 7.24. The molecule has 0 N–H and O–H groups in total. The molecule has 2 heteroatoms. The molecule has 1 aromatic rings. The predicted octanol–water partition coefficient (Wildman–Crippen LogP) is 7.49. The first-order valence-corrected chi connectivity index (χ1v) is 12.0. The molecule has 2 nitrogen and oxygen atoms in total. The van der Waals surface area contributed by atoms with Crippen molar-refractivity contribution >= 4 is 0 Å². The average Bonchev–Trinajstić information content (AvgIpc) is 2.77. The Morgan fingerprint density at radius 3 is 1.61 bits per heavy atom. The van der Waals surface area contributed by atoms with Crippen molar-refractivity contribution in [2.45, 2.75) is 91.3 Å². The lowest BCUT2D eigenvalue weighted by molar-refractivity contribution is -0.202. The van der Waals surface area contributed by atoms with Crippen LogP contribution in [0.4, 0.5) is 0 Å². The molecule has 1 saturated heterocycles. The normalized spacial score (nSPS) is 36.3. The molecule has 28 heavy (non-hydrogen) atoms. The Bertz CT molecular complexity index is 542. The van der Waals surface area contributed by atoms with Crippen molar-refractivity contribution in [1.82, 2.24) is 0 Å². The van der Waals surface area contributed by atoms with E-state index in [4.69, 9.17) is 9.47 Å². The standard InChI is InChI=1S/C24H36O2.C2H6/c1-17-3-5-19(6-4-17)20-7-9-21(10-8-20)22-11-13-23(14-12-22)24-25-15-18(2)16-26-24;1-2/h11-14,17-21,24H,3-10,15-16H2,1-2H3;1-2H3. The molecule has 1 aromatic carbocycles. The zero-order chi connectivity index (χ0) is 19.9. The van der Waals surface area contributed by atoms with Crippen molar-refractivity contribution in [3.63, 3.8) is 0 Å². The lowest BCUT2D eigenvalue weighted by atomic mass is 9.68. The highest BCUT2D eigenvalue weighted by atomic mass is 16.7. The van der Waals surface area contributed by atoms with Gasteiger partial charge >= 0.3 is 0 Å². The Hall–Kier alpha value is -0.860. The fourth-order valence-electron chi connectivity index (χ4n) is 5.40. The van der Waals surface area contributed by atoms with Crippen molar-refractivity contribution in [1.29, 1.82) is 0 Å². The summed E-state index contributed by atoms with van der Waals surface area (Å²) in [6, 6.07) is 9.11. The first-order chi connectivity index (χ1) is 13.7. The van der Waals surface area contributed by atoms with Gasteiger partial charge in [0.2, 0.25) is 0 Å². The zero-order valence-corrected chi connectivity index (χ0v) is 18.7. The van der Waals surface area contributed by atoms with Crippen molar-refractivity contribution < 1.29 is 9.47 Å². The van der Waals surface area contributed by atoms with Gasteiger partial charge in [0.25, 0.3) is 0 Å². The Labute approximate surface area is 173 Å². The van der Waals surface area contributed by atoms with Crippen LogP contribution in [0, 0.1) is 23.7 Å². The molecule has 0 bridgehead atoms. The maximum absolute atomic E-state index is 5.83. The van der Waals surface area contributed by atoms with Crippen LogP contribution in [0.3, 0.4) is 0 Å². The van der Waals surface area contributed by atoms with E-state index in [1.165, 1.54) is 62.5 Å². The van der Waals surface area contributed by atoms with Crippen molar-refractivity contribution in [3.05, 3.63) is 35.4 Å². The van der Waals surface area contributed by atoms with Crippen LogP contribution in [0.15, 0.2) is 24.3 Å². The quantitative estimate of drug-likeness (QED) is 0.535.